The summed E-state index contributed by atoms with van der Waals surface area (Å²) in [6, 6.07) is 4.77. The maximum absolute atomic E-state index is 14.4. The fourth-order valence-corrected chi connectivity index (χ4v) is 6.20. The summed E-state index contributed by atoms with van der Waals surface area (Å²) >= 11 is 0. The highest BCUT2D eigenvalue weighted by molar-refractivity contribution is 7.89. The fraction of sp³-hybridized carbons (Fsp3) is 0.478. The molecule has 1 N–H and O–H groups in total. The average Bonchev–Trinajstić information content (AvgIpc) is 3.34. The Morgan fingerprint density at radius 3 is 2.41 bits per heavy atom. The molecule has 1 atom stereocenters. The molecule has 3 heterocycles. The number of sulfonamides is 1. The first-order valence-electron chi connectivity index (χ1n) is 11.6. The number of rotatable bonds is 7. The first-order chi connectivity index (χ1) is 17.4. The van der Waals surface area contributed by atoms with Gasteiger partial charge < -0.3 is 10.2 Å². The number of alkyl halides is 3. The summed E-state index contributed by atoms with van der Waals surface area (Å²) in [4.78, 5) is 18.3. The number of piperidine rings is 1. The van der Waals surface area contributed by atoms with Gasteiger partial charge in [-0.1, -0.05) is 0 Å². The van der Waals surface area contributed by atoms with E-state index >= 15 is 0 Å². The monoisotopic (exact) mass is 548 g/mol. The molecule has 8 nitrogen and oxygen atoms in total. The number of hydrogen-bond donors (Lipinski definition) is 1. The van der Waals surface area contributed by atoms with Crippen LogP contribution in [-0.4, -0.2) is 61.8 Å². The maximum Gasteiger partial charge on any atom is 0.522 e. The molecule has 2 fully saturated rings. The van der Waals surface area contributed by atoms with E-state index in [1.807, 2.05) is 0 Å². The van der Waals surface area contributed by atoms with Gasteiger partial charge in [-0.2, -0.15) is 4.31 Å². The molecule has 0 radical (unpaired) electrons. The Balaban J connectivity index is 1.38. The molecule has 1 aromatic carbocycles. The Hall–Kier alpha value is -2.84. The van der Waals surface area contributed by atoms with Gasteiger partial charge in [0.25, 0.3) is 0 Å². The van der Waals surface area contributed by atoms with Crippen molar-refractivity contribution in [2.75, 3.05) is 24.5 Å². The first kappa shape index (κ1) is 27.2. The van der Waals surface area contributed by atoms with Gasteiger partial charge in [0.05, 0.1) is 35.1 Å². The lowest BCUT2D eigenvalue weighted by Crippen LogP contribution is -2.45. The summed E-state index contributed by atoms with van der Waals surface area (Å²) in [5.74, 6) is -1.79. The lowest BCUT2D eigenvalue weighted by Gasteiger charge is -2.34. The Morgan fingerprint density at radius 2 is 1.76 bits per heavy atom. The summed E-state index contributed by atoms with van der Waals surface area (Å²) in [6.07, 6.45) is -3.88. The van der Waals surface area contributed by atoms with Crippen molar-refractivity contribution in [3.8, 4) is 0 Å². The molecule has 0 bridgehead atoms. The number of aromatic nitrogens is 1. The van der Waals surface area contributed by atoms with Crippen molar-refractivity contribution in [2.45, 2.75) is 55.6 Å². The lowest BCUT2D eigenvalue weighted by molar-refractivity contribution is -0.344. The molecule has 2 aliphatic heterocycles. The van der Waals surface area contributed by atoms with E-state index in [4.69, 9.17) is 0 Å². The molecule has 1 unspecified atom stereocenters. The van der Waals surface area contributed by atoms with Crippen molar-refractivity contribution in [2.24, 2.45) is 0 Å². The molecule has 4 rings (SSSR count). The number of hydrogen-bond acceptors (Lipinski definition) is 6. The molecule has 2 saturated heterocycles. The molecule has 37 heavy (non-hydrogen) atoms. The lowest BCUT2D eigenvalue weighted by atomic mass is 10.1. The predicted molar refractivity (Wildman–Crippen MR) is 122 cm³/mol. The number of ether oxygens (including phenoxy) is 1. The largest absolute Gasteiger partial charge is 0.522 e. The molecule has 1 aromatic heterocycles. The van der Waals surface area contributed by atoms with E-state index in [0.29, 0.717) is 18.5 Å². The quantitative estimate of drug-likeness (QED) is 0.534. The van der Waals surface area contributed by atoms with Crippen LogP contribution < -0.4 is 10.2 Å². The second-order valence-corrected chi connectivity index (χ2v) is 10.7. The van der Waals surface area contributed by atoms with Crippen LogP contribution in [0.5, 0.6) is 0 Å². The molecule has 2 aromatic rings. The zero-order valence-corrected chi connectivity index (χ0v) is 20.4. The van der Waals surface area contributed by atoms with E-state index < -0.39 is 46.1 Å². The summed E-state index contributed by atoms with van der Waals surface area (Å²) < 4.78 is 96.1. The van der Waals surface area contributed by atoms with E-state index in [9.17, 15) is 35.2 Å². The number of halogens is 5. The topological polar surface area (TPSA) is 91.8 Å². The fourth-order valence-electron chi connectivity index (χ4n) is 4.54. The maximum atomic E-state index is 14.4. The van der Waals surface area contributed by atoms with E-state index in [1.165, 1.54) is 6.07 Å². The van der Waals surface area contributed by atoms with E-state index in [1.54, 1.807) is 4.90 Å². The van der Waals surface area contributed by atoms with Crippen LogP contribution in [0.1, 0.15) is 31.4 Å². The Morgan fingerprint density at radius 1 is 1.08 bits per heavy atom. The second-order valence-electron chi connectivity index (χ2n) is 8.82. The minimum Gasteiger partial charge on any atom is -0.369 e. The predicted octanol–water partition coefficient (Wildman–Crippen LogP) is 3.33. The molecule has 1 amide bonds. The third-order valence-corrected chi connectivity index (χ3v) is 8.27. The third kappa shape index (κ3) is 6.54. The van der Waals surface area contributed by atoms with Crippen LogP contribution in [0, 0.1) is 11.6 Å². The highest BCUT2D eigenvalue weighted by Gasteiger charge is 2.39. The van der Waals surface area contributed by atoms with Gasteiger partial charge in [0.15, 0.2) is 5.82 Å². The smallest absolute Gasteiger partial charge is 0.369 e. The zero-order valence-electron chi connectivity index (χ0n) is 19.5. The number of nitrogens with one attached hydrogen (secondary N) is 1. The molecule has 0 aliphatic carbocycles. The Bertz CT molecular complexity index is 1220. The molecular weight excluding hydrogens is 523 g/mol. The van der Waals surface area contributed by atoms with Crippen molar-refractivity contribution in [3.05, 3.63) is 53.9 Å². The molecule has 202 valence electrons. The van der Waals surface area contributed by atoms with Crippen molar-refractivity contribution in [3.63, 3.8) is 0 Å². The van der Waals surface area contributed by atoms with Crippen LogP contribution in [0.25, 0.3) is 0 Å². The zero-order chi connectivity index (χ0) is 26.8. The third-order valence-electron chi connectivity index (χ3n) is 6.35. The van der Waals surface area contributed by atoms with Crippen molar-refractivity contribution < 1.29 is 39.9 Å². The number of anilines is 1. The highest BCUT2D eigenvalue weighted by atomic mass is 32.2. The molecule has 0 saturated carbocycles. The number of carbonyl (C=O) groups excluding carboxylic acids is 1. The minimum atomic E-state index is -4.73. The van der Waals surface area contributed by atoms with Crippen molar-refractivity contribution in [1.29, 1.82) is 0 Å². The van der Waals surface area contributed by atoms with Crippen LogP contribution in [0.15, 0.2) is 41.4 Å². The standard InChI is InChI=1S/C23H25F5N4O4S/c24-15-3-5-18(6-4-15)37(34,35)32-9-1-2-20(32)22(33)30-13-16-12-21(19(25)14-29-16)31-10-7-17(8-11-31)36-23(26,27)28/h3-6,12,14,17,20H,1-2,7-11,13H2,(H,30,33). The molecule has 14 heteroatoms. The van der Waals surface area contributed by atoms with Gasteiger partial charge in [-0.05, 0) is 56.0 Å². The van der Waals surface area contributed by atoms with Crippen LogP contribution in [0.3, 0.4) is 0 Å². The first-order valence-corrected chi connectivity index (χ1v) is 13.1. The number of pyridine rings is 1. The highest BCUT2D eigenvalue weighted by Crippen LogP contribution is 2.29. The number of benzene rings is 1. The summed E-state index contributed by atoms with van der Waals surface area (Å²) in [6.45, 7) is 0.308. The summed E-state index contributed by atoms with van der Waals surface area (Å²) in [5.41, 5.74) is 0.440. The number of nitrogens with zero attached hydrogens (tertiary/aromatic N) is 3. The SMILES string of the molecule is O=C(NCc1cc(N2CCC(OC(F)(F)F)CC2)c(F)cn1)C1CCCN1S(=O)(=O)c1ccc(F)cc1. The molecule has 0 spiro atoms. The van der Waals surface area contributed by atoms with Gasteiger partial charge in [0, 0.05) is 19.6 Å². The molecule has 2 aliphatic rings. The van der Waals surface area contributed by atoms with Gasteiger partial charge in [0.1, 0.15) is 11.9 Å². The van der Waals surface area contributed by atoms with E-state index in [2.05, 4.69) is 15.0 Å². The average molecular weight is 549 g/mol. The van der Waals surface area contributed by atoms with Gasteiger partial charge >= 0.3 is 6.36 Å². The number of amides is 1. The Labute approximate surface area is 210 Å². The van der Waals surface area contributed by atoms with Crippen molar-refractivity contribution >= 4 is 21.6 Å². The summed E-state index contributed by atoms with van der Waals surface area (Å²) in [7, 11) is -4.02. The Kier molecular flexibility index (Phi) is 7.99. The minimum absolute atomic E-state index is 0.0629. The molecular formula is C23H25F5N4O4S. The van der Waals surface area contributed by atoms with Gasteiger partial charge in [-0.3, -0.25) is 14.5 Å². The number of carbonyl (C=O) groups is 1. The van der Waals surface area contributed by atoms with E-state index in [0.717, 1.165) is 34.8 Å². The van der Waals surface area contributed by atoms with Gasteiger partial charge in [-0.15, -0.1) is 13.2 Å². The van der Waals surface area contributed by atoms with Crippen LogP contribution in [-0.2, 0) is 26.1 Å². The normalized spacial score (nSPS) is 19.8. The van der Waals surface area contributed by atoms with Crippen LogP contribution >= 0.6 is 0 Å². The van der Waals surface area contributed by atoms with Gasteiger partial charge in [-0.25, -0.2) is 17.2 Å². The van der Waals surface area contributed by atoms with Gasteiger partial charge in [0.2, 0.25) is 15.9 Å². The van der Waals surface area contributed by atoms with Crippen LogP contribution in [0.4, 0.5) is 27.6 Å². The van der Waals surface area contributed by atoms with Crippen LogP contribution in [0.2, 0.25) is 0 Å². The van der Waals surface area contributed by atoms with E-state index in [-0.39, 0.29) is 49.6 Å². The van der Waals surface area contributed by atoms with Crippen molar-refractivity contribution in [1.82, 2.24) is 14.6 Å². The second kappa shape index (κ2) is 10.9. The summed E-state index contributed by atoms with van der Waals surface area (Å²) in [5, 5.41) is 2.63.